The molecule has 7 heteroatoms. The van der Waals surface area contributed by atoms with Gasteiger partial charge < -0.3 is 10.6 Å². The Kier molecular flexibility index (Phi) is 3.35. The number of nitrogens with two attached hydrogens (primary N) is 1. The average Bonchev–Trinajstić information content (AvgIpc) is 3.08. The van der Waals surface area contributed by atoms with Gasteiger partial charge in [-0.1, -0.05) is 0 Å². The fraction of sp³-hybridized carbons (Fsp3) is 0.385. The molecule has 0 saturated carbocycles. The first-order valence-electron chi connectivity index (χ1n) is 6.45. The lowest BCUT2D eigenvalue weighted by Crippen LogP contribution is -2.30. The van der Waals surface area contributed by atoms with Crippen molar-refractivity contribution in [3.8, 4) is 0 Å². The molecule has 2 aromatic rings. The van der Waals surface area contributed by atoms with Crippen LogP contribution in [0.15, 0.2) is 17.8 Å². The van der Waals surface area contributed by atoms with Gasteiger partial charge in [0.1, 0.15) is 16.5 Å². The van der Waals surface area contributed by atoms with E-state index in [0.29, 0.717) is 16.5 Å². The van der Waals surface area contributed by atoms with Gasteiger partial charge in [-0.25, -0.2) is 9.97 Å². The van der Waals surface area contributed by atoms with Crippen molar-refractivity contribution in [3.05, 3.63) is 34.2 Å². The molecule has 0 spiro atoms. The number of amides is 1. The molecule has 0 aliphatic carbocycles. The van der Waals surface area contributed by atoms with E-state index in [0.717, 1.165) is 25.1 Å². The van der Waals surface area contributed by atoms with E-state index in [1.165, 1.54) is 11.3 Å². The molecule has 1 atom stereocenters. The molecule has 2 N–H and O–H groups in total. The second kappa shape index (κ2) is 5.16. The second-order valence-corrected chi connectivity index (χ2v) is 5.67. The number of hydrogen-bond acceptors (Lipinski definition) is 6. The fourth-order valence-corrected chi connectivity index (χ4v) is 3.14. The van der Waals surface area contributed by atoms with Gasteiger partial charge in [0.15, 0.2) is 0 Å². The highest BCUT2D eigenvalue weighted by Gasteiger charge is 2.32. The number of aromatic nitrogens is 3. The third-order valence-electron chi connectivity index (χ3n) is 3.38. The van der Waals surface area contributed by atoms with Gasteiger partial charge in [0.2, 0.25) is 0 Å². The molecule has 2 aromatic heterocycles. The first-order valence-corrected chi connectivity index (χ1v) is 7.33. The Labute approximate surface area is 120 Å². The quantitative estimate of drug-likeness (QED) is 0.911. The number of hydrogen-bond donors (Lipinski definition) is 1. The van der Waals surface area contributed by atoms with Crippen molar-refractivity contribution in [2.24, 2.45) is 0 Å². The molecule has 1 unspecified atom stereocenters. The number of anilines is 1. The van der Waals surface area contributed by atoms with Crippen LogP contribution in [0, 0.1) is 6.92 Å². The minimum absolute atomic E-state index is 0.0184. The van der Waals surface area contributed by atoms with E-state index >= 15 is 0 Å². The van der Waals surface area contributed by atoms with Crippen LogP contribution in [0.2, 0.25) is 0 Å². The summed E-state index contributed by atoms with van der Waals surface area (Å²) in [6.45, 7) is 2.55. The molecule has 1 aliphatic heterocycles. The predicted octanol–water partition coefficient (Wildman–Crippen LogP) is 1.80. The third kappa shape index (κ3) is 2.36. The maximum Gasteiger partial charge on any atom is 0.266 e. The van der Waals surface area contributed by atoms with Gasteiger partial charge in [-0.15, -0.1) is 11.3 Å². The zero-order chi connectivity index (χ0) is 14.1. The van der Waals surface area contributed by atoms with Gasteiger partial charge in [0, 0.05) is 12.6 Å². The van der Waals surface area contributed by atoms with E-state index in [2.05, 4.69) is 15.0 Å². The predicted molar refractivity (Wildman–Crippen MR) is 76.3 cm³/mol. The zero-order valence-corrected chi connectivity index (χ0v) is 11.9. The van der Waals surface area contributed by atoms with Crippen molar-refractivity contribution in [1.82, 2.24) is 19.9 Å². The average molecular weight is 289 g/mol. The highest BCUT2D eigenvalue weighted by atomic mass is 32.1. The maximum atomic E-state index is 12.5. The number of thiazole rings is 1. The van der Waals surface area contributed by atoms with Gasteiger partial charge in [-0.3, -0.25) is 9.78 Å². The summed E-state index contributed by atoms with van der Waals surface area (Å²) in [4.78, 5) is 27.5. The molecule has 3 heterocycles. The van der Waals surface area contributed by atoms with Gasteiger partial charge >= 0.3 is 0 Å². The van der Waals surface area contributed by atoms with Crippen molar-refractivity contribution in [3.63, 3.8) is 0 Å². The molecule has 0 radical (unpaired) electrons. The molecule has 20 heavy (non-hydrogen) atoms. The monoisotopic (exact) mass is 289 g/mol. The van der Waals surface area contributed by atoms with Crippen LogP contribution < -0.4 is 5.73 Å². The van der Waals surface area contributed by atoms with E-state index in [9.17, 15) is 4.79 Å². The van der Waals surface area contributed by atoms with E-state index < -0.39 is 0 Å². The summed E-state index contributed by atoms with van der Waals surface area (Å²) in [5.41, 5.74) is 8.28. The maximum absolute atomic E-state index is 12.5. The summed E-state index contributed by atoms with van der Waals surface area (Å²) in [5, 5.41) is 0. The number of nitrogens with zero attached hydrogens (tertiary/aromatic N) is 4. The summed E-state index contributed by atoms with van der Waals surface area (Å²) in [5.74, 6) is 1.10. The molecular formula is C13H15N5OS. The van der Waals surface area contributed by atoms with Crippen LogP contribution in [0.3, 0.4) is 0 Å². The lowest BCUT2D eigenvalue weighted by atomic mass is 10.1. The number of carbonyl (C=O) groups is 1. The number of rotatable bonds is 2. The molecule has 0 bridgehead atoms. The van der Waals surface area contributed by atoms with E-state index in [4.69, 9.17) is 5.73 Å². The molecule has 0 aromatic carbocycles. The van der Waals surface area contributed by atoms with Gasteiger partial charge in [0.05, 0.1) is 23.4 Å². The molecule has 104 valence electrons. The number of carbonyl (C=O) groups excluding carboxylic acids is 1. The Morgan fingerprint density at radius 2 is 2.35 bits per heavy atom. The Balaban J connectivity index is 1.90. The first-order chi connectivity index (χ1) is 9.65. The van der Waals surface area contributed by atoms with Crippen molar-refractivity contribution < 1.29 is 4.79 Å². The Morgan fingerprint density at radius 3 is 3.05 bits per heavy atom. The van der Waals surface area contributed by atoms with Crippen LogP contribution >= 0.6 is 11.3 Å². The largest absolute Gasteiger partial charge is 0.384 e. The van der Waals surface area contributed by atoms with E-state index in [1.807, 2.05) is 11.8 Å². The topological polar surface area (TPSA) is 85.0 Å². The number of likely N-dealkylation sites (tertiary alicyclic amines) is 1. The standard InChI is InChI=1S/C13H15N5OS/c1-8-16-9(5-12(14)17-8)10-3-2-4-18(10)13(19)11-6-15-7-20-11/h5-7,10H,2-4H2,1H3,(H2,14,16,17). The zero-order valence-electron chi connectivity index (χ0n) is 11.1. The second-order valence-electron chi connectivity index (χ2n) is 4.79. The Hall–Kier alpha value is -2.02. The molecular weight excluding hydrogens is 274 g/mol. The molecule has 1 fully saturated rings. The lowest BCUT2D eigenvalue weighted by Gasteiger charge is -2.23. The van der Waals surface area contributed by atoms with Crippen molar-refractivity contribution in [1.29, 1.82) is 0 Å². The summed E-state index contributed by atoms with van der Waals surface area (Å²) in [7, 11) is 0. The molecule has 6 nitrogen and oxygen atoms in total. The number of aryl methyl sites for hydroxylation is 1. The van der Waals surface area contributed by atoms with Crippen molar-refractivity contribution in [2.75, 3.05) is 12.3 Å². The molecule has 1 amide bonds. The van der Waals surface area contributed by atoms with Crippen LogP contribution in [0.1, 0.15) is 40.1 Å². The highest BCUT2D eigenvalue weighted by molar-refractivity contribution is 7.11. The smallest absolute Gasteiger partial charge is 0.266 e. The number of nitrogen functional groups attached to an aromatic ring is 1. The van der Waals surface area contributed by atoms with Gasteiger partial charge in [-0.2, -0.15) is 0 Å². The van der Waals surface area contributed by atoms with Crippen molar-refractivity contribution in [2.45, 2.75) is 25.8 Å². The van der Waals surface area contributed by atoms with Gasteiger partial charge in [-0.05, 0) is 19.8 Å². The molecule has 1 saturated heterocycles. The lowest BCUT2D eigenvalue weighted by molar-refractivity contribution is 0.0737. The minimum atomic E-state index is -0.0198. The van der Waals surface area contributed by atoms with Crippen molar-refractivity contribution >= 4 is 23.1 Å². The SMILES string of the molecule is Cc1nc(N)cc(C2CCCN2C(=O)c2cncs2)n1. The summed E-state index contributed by atoms with van der Waals surface area (Å²) in [6.07, 6.45) is 3.49. The summed E-state index contributed by atoms with van der Waals surface area (Å²) < 4.78 is 0. The Bertz CT molecular complexity index is 607. The van der Waals surface area contributed by atoms with Gasteiger partial charge in [0.25, 0.3) is 5.91 Å². The normalized spacial score (nSPS) is 18.4. The van der Waals surface area contributed by atoms with Crippen LogP contribution in [-0.2, 0) is 0 Å². The third-order valence-corrected chi connectivity index (χ3v) is 4.14. The van der Waals surface area contributed by atoms with E-state index in [1.54, 1.807) is 17.8 Å². The molecule has 3 rings (SSSR count). The fourth-order valence-electron chi connectivity index (χ4n) is 2.57. The Morgan fingerprint density at radius 1 is 1.50 bits per heavy atom. The summed E-state index contributed by atoms with van der Waals surface area (Å²) >= 11 is 1.36. The molecule has 1 aliphatic rings. The van der Waals surface area contributed by atoms with Crippen LogP contribution in [0.4, 0.5) is 5.82 Å². The summed E-state index contributed by atoms with van der Waals surface area (Å²) in [6, 6.07) is 1.74. The van der Waals surface area contributed by atoms with Crippen LogP contribution in [0.25, 0.3) is 0 Å². The van der Waals surface area contributed by atoms with Crippen LogP contribution in [-0.4, -0.2) is 32.3 Å². The first kappa shape index (κ1) is 13.0. The minimum Gasteiger partial charge on any atom is -0.384 e. The highest BCUT2D eigenvalue weighted by Crippen LogP contribution is 2.33. The van der Waals surface area contributed by atoms with Crippen LogP contribution in [0.5, 0.6) is 0 Å². The van der Waals surface area contributed by atoms with E-state index in [-0.39, 0.29) is 11.9 Å².